The Bertz CT molecular complexity index is 1030. The zero-order valence-corrected chi connectivity index (χ0v) is 17.1. The van der Waals surface area contributed by atoms with E-state index in [0.29, 0.717) is 38.6 Å². The normalized spacial score (nSPS) is 12.4. The van der Waals surface area contributed by atoms with Gasteiger partial charge in [0.25, 0.3) is 0 Å². The SMILES string of the molecule is COc1ccc(Cn2c(Br)c(C(C)(C)C#N)c3nc(C(F)(F)F)sc32)cc1. The maximum Gasteiger partial charge on any atom is 0.443 e. The molecule has 0 saturated heterocycles. The number of ether oxygens (including phenoxy) is 1. The smallest absolute Gasteiger partial charge is 0.443 e. The van der Waals surface area contributed by atoms with Crippen LogP contribution >= 0.6 is 27.3 Å². The van der Waals surface area contributed by atoms with Crippen molar-refractivity contribution in [3.05, 3.63) is 45.0 Å². The van der Waals surface area contributed by atoms with E-state index >= 15 is 0 Å². The number of nitrogens with zero attached hydrogens (tertiary/aromatic N) is 3. The molecular weight excluding hydrogens is 443 g/mol. The van der Waals surface area contributed by atoms with Crippen LogP contribution in [0.25, 0.3) is 10.3 Å². The predicted octanol–water partition coefficient (Wildman–Crippen LogP) is 5.74. The summed E-state index contributed by atoms with van der Waals surface area (Å²) in [7, 11) is 1.56. The number of alkyl halides is 3. The number of rotatable bonds is 4. The van der Waals surface area contributed by atoms with E-state index in [1.165, 1.54) is 0 Å². The first-order valence-corrected chi connectivity index (χ1v) is 9.50. The van der Waals surface area contributed by atoms with Gasteiger partial charge in [-0.05, 0) is 47.5 Å². The fraction of sp³-hybridized carbons (Fsp3) is 0.333. The van der Waals surface area contributed by atoms with Crippen LogP contribution < -0.4 is 4.74 Å². The van der Waals surface area contributed by atoms with Crippen molar-refractivity contribution in [2.24, 2.45) is 0 Å². The molecule has 9 heteroatoms. The zero-order valence-electron chi connectivity index (χ0n) is 14.7. The van der Waals surface area contributed by atoms with E-state index in [0.717, 1.165) is 5.56 Å². The van der Waals surface area contributed by atoms with Crippen LogP contribution in [0.2, 0.25) is 0 Å². The second kappa shape index (κ2) is 6.84. The van der Waals surface area contributed by atoms with Crippen molar-refractivity contribution in [3.8, 4) is 11.8 Å². The quantitative estimate of drug-likeness (QED) is 0.501. The molecule has 4 nitrogen and oxygen atoms in total. The van der Waals surface area contributed by atoms with Gasteiger partial charge in [-0.15, -0.1) is 0 Å². The standard InChI is InChI=1S/C18H15BrF3N3OS/c1-17(2,9-23)12-13-15(27-16(24-13)18(20,21)22)25(14(12)19)8-10-4-6-11(26-3)7-5-10/h4-7H,8H2,1-3H3. The number of nitriles is 1. The Morgan fingerprint density at radius 1 is 1.26 bits per heavy atom. The van der Waals surface area contributed by atoms with Crippen molar-refractivity contribution in [1.29, 1.82) is 5.26 Å². The van der Waals surface area contributed by atoms with Crippen LogP contribution in [0.1, 0.15) is 30.0 Å². The summed E-state index contributed by atoms with van der Waals surface area (Å²) in [4.78, 5) is 4.20. The van der Waals surface area contributed by atoms with Crippen molar-refractivity contribution in [1.82, 2.24) is 9.55 Å². The van der Waals surface area contributed by atoms with Gasteiger partial charge in [-0.2, -0.15) is 18.4 Å². The zero-order chi connectivity index (χ0) is 20.0. The first-order valence-electron chi connectivity index (χ1n) is 7.89. The Kier molecular flexibility index (Phi) is 4.99. The Labute approximate surface area is 166 Å². The highest BCUT2D eigenvalue weighted by molar-refractivity contribution is 9.10. The van der Waals surface area contributed by atoms with Gasteiger partial charge in [-0.3, -0.25) is 0 Å². The predicted molar refractivity (Wildman–Crippen MR) is 101 cm³/mol. The van der Waals surface area contributed by atoms with Gasteiger partial charge in [0, 0.05) is 12.1 Å². The Hall–Kier alpha value is -2.05. The molecule has 3 rings (SSSR count). The Morgan fingerprint density at radius 2 is 1.89 bits per heavy atom. The minimum absolute atomic E-state index is 0.208. The van der Waals surface area contributed by atoms with Crippen LogP contribution in [0.4, 0.5) is 13.2 Å². The minimum atomic E-state index is -4.53. The lowest BCUT2D eigenvalue weighted by molar-refractivity contribution is -0.137. The summed E-state index contributed by atoms with van der Waals surface area (Å²) in [5, 5.41) is 8.60. The van der Waals surface area contributed by atoms with Gasteiger partial charge in [-0.1, -0.05) is 23.5 Å². The summed E-state index contributed by atoms with van der Waals surface area (Å²) in [6.07, 6.45) is -4.53. The van der Waals surface area contributed by atoms with Gasteiger partial charge in [0.2, 0.25) is 5.01 Å². The van der Waals surface area contributed by atoms with E-state index in [-0.39, 0.29) is 5.52 Å². The molecule has 142 valence electrons. The molecule has 2 heterocycles. The monoisotopic (exact) mass is 457 g/mol. The van der Waals surface area contributed by atoms with Crippen LogP contribution in [-0.4, -0.2) is 16.7 Å². The molecule has 0 saturated carbocycles. The molecule has 0 unspecified atom stereocenters. The molecule has 0 fully saturated rings. The van der Waals surface area contributed by atoms with E-state index in [4.69, 9.17) is 4.74 Å². The molecule has 0 atom stereocenters. The summed E-state index contributed by atoms with van der Waals surface area (Å²) in [6, 6.07) is 9.42. The molecule has 3 aromatic rings. The third-order valence-electron chi connectivity index (χ3n) is 4.18. The van der Waals surface area contributed by atoms with E-state index in [2.05, 4.69) is 27.0 Å². The largest absolute Gasteiger partial charge is 0.497 e. The van der Waals surface area contributed by atoms with Gasteiger partial charge < -0.3 is 9.30 Å². The number of benzene rings is 1. The van der Waals surface area contributed by atoms with E-state index < -0.39 is 16.6 Å². The van der Waals surface area contributed by atoms with Crippen molar-refractivity contribution in [3.63, 3.8) is 0 Å². The molecular formula is C18H15BrF3N3OS. The van der Waals surface area contributed by atoms with Crippen molar-refractivity contribution in [2.45, 2.75) is 32.0 Å². The van der Waals surface area contributed by atoms with Crippen molar-refractivity contribution in [2.75, 3.05) is 7.11 Å². The molecule has 0 N–H and O–H groups in total. The number of thiazole rings is 1. The highest BCUT2D eigenvalue weighted by Gasteiger charge is 2.38. The van der Waals surface area contributed by atoms with Gasteiger partial charge in [0.05, 0.1) is 23.2 Å². The van der Waals surface area contributed by atoms with Crippen LogP contribution in [0, 0.1) is 11.3 Å². The minimum Gasteiger partial charge on any atom is -0.497 e. The number of hydrogen-bond donors (Lipinski definition) is 0. The molecule has 0 amide bonds. The summed E-state index contributed by atoms with van der Waals surface area (Å²) in [5.41, 5.74) is 0.551. The highest BCUT2D eigenvalue weighted by atomic mass is 79.9. The van der Waals surface area contributed by atoms with E-state index in [1.807, 2.05) is 12.1 Å². The first-order chi connectivity index (χ1) is 12.6. The number of aromatic nitrogens is 2. The maximum atomic E-state index is 13.2. The fourth-order valence-electron chi connectivity index (χ4n) is 2.77. The van der Waals surface area contributed by atoms with Gasteiger partial charge in [0.15, 0.2) is 0 Å². The molecule has 1 aromatic carbocycles. The van der Waals surface area contributed by atoms with Gasteiger partial charge in [0.1, 0.15) is 16.1 Å². The highest BCUT2D eigenvalue weighted by Crippen LogP contribution is 2.44. The maximum absolute atomic E-state index is 13.2. The lowest BCUT2D eigenvalue weighted by Crippen LogP contribution is -2.15. The Balaban J connectivity index is 2.20. The van der Waals surface area contributed by atoms with Crippen molar-refractivity contribution >= 4 is 37.6 Å². The molecule has 0 aliphatic carbocycles. The summed E-state index contributed by atoms with van der Waals surface area (Å²) < 4.78 is 47.0. The number of halogens is 4. The van der Waals surface area contributed by atoms with Crippen LogP contribution in [-0.2, 0) is 18.1 Å². The van der Waals surface area contributed by atoms with E-state index in [9.17, 15) is 18.4 Å². The molecule has 0 aliphatic rings. The summed E-state index contributed by atoms with van der Waals surface area (Å²) >= 11 is 4.07. The topological polar surface area (TPSA) is 50.8 Å². The number of hydrogen-bond acceptors (Lipinski definition) is 4. The third kappa shape index (κ3) is 3.56. The fourth-order valence-corrected chi connectivity index (χ4v) is 4.82. The summed E-state index contributed by atoms with van der Waals surface area (Å²) in [6.45, 7) is 3.66. The average Bonchev–Trinajstić information content (AvgIpc) is 3.14. The molecule has 2 aromatic heterocycles. The number of methoxy groups -OCH3 is 1. The lowest BCUT2D eigenvalue weighted by atomic mass is 9.88. The molecule has 27 heavy (non-hydrogen) atoms. The molecule has 0 radical (unpaired) electrons. The Morgan fingerprint density at radius 3 is 2.41 bits per heavy atom. The second-order valence-corrected chi connectivity index (χ2v) is 8.24. The van der Waals surface area contributed by atoms with Crippen LogP contribution in [0.5, 0.6) is 5.75 Å². The van der Waals surface area contributed by atoms with Crippen molar-refractivity contribution < 1.29 is 17.9 Å². The number of fused-ring (bicyclic) bond motifs is 1. The van der Waals surface area contributed by atoms with Crippen LogP contribution in [0.15, 0.2) is 28.9 Å². The van der Waals surface area contributed by atoms with E-state index in [1.54, 1.807) is 37.7 Å². The first kappa shape index (κ1) is 19.7. The van der Waals surface area contributed by atoms with Gasteiger partial charge >= 0.3 is 6.18 Å². The molecule has 0 aliphatic heterocycles. The average molecular weight is 458 g/mol. The molecule has 0 bridgehead atoms. The lowest BCUT2D eigenvalue weighted by Gasteiger charge is -2.16. The molecule has 0 spiro atoms. The second-order valence-electron chi connectivity index (χ2n) is 6.51. The summed E-state index contributed by atoms with van der Waals surface area (Å²) in [5.74, 6) is 0.693. The van der Waals surface area contributed by atoms with Crippen LogP contribution in [0.3, 0.4) is 0 Å². The third-order valence-corrected chi connectivity index (χ3v) is 6.13. The van der Waals surface area contributed by atoms with Gasteiger partial charge in [-0.25, -0.2) is 4.98 Å².